The molecule has 4 rings (SSSR count). The van der Waals surface area contributed by atoms with Crippen molar-refractivity contribution in [3.63, 3.8) is 0 Å². The van der Waals surface area contributed by atoms with E-state index in [4.69, 9.17) is 9.84 Å². The average molecular weight is 465 g/mol. The first-order valence-corrected chi connectivity index (χ1v) is 12.0. The number of aliphatic carboxylic acids is 1. The van der Waals surface area contributed by atoms with E-state index in [0.29, 0.717) is 13.1 Å². The molecule has 2 aliphatic carbocycles. The molecule has 7 nitrogen and oxygen atoms in total. The molecule has 1 saturated carbocycles. The van der Waals surface area contributed by atoms with Gasteiger partial charge in [0.15, 0.2) is 0 Å². The van der Waals surface area contributed by atoms with E-state index in [-0.39, 0.29) is 42.6 Å². The lowest BCUT2D eigenvalue weighted by atomic mass is 9.95. The number of carboxylic acids is 1. The Morgan fingerprint density at radius 3 is 2.29 bits per heavy atom. The van der Waals surface area contributed by atoms with E-state index in [0.717, 1.165) is 19.3 Å². The largest absolute Gasteiger partial charge is 0.481 e. The van der Waals surface area contributed by atoms with Crippen LogP contribution >= 0.6 is 0 Å². The molecule has 0 spiro atoms. The molecule has 2 aliphatic rings. The van der Waals surface area contributed by atoms with Crippen molar-refractivity contribution in [2.75, 3.05) is 19.7 Å². The molecule has 2 aromatic rings. The highest BCUT2D eigenvalue weighted by atomic mass is 16.5. The number of rotatable bonds is 9. The lowest BCUT2D eigenvalue weighted by Gasteiger charge is -2.21. The molecule has 1 unspecified atom stereocenters. The van der Waals surface area contributed by atoms with Crippen molar-refractivity contribution in [1.29, 1.82) is 0 Å². The number of carboxylic acid groups (broad SMARTS) is 1. The van der Waals surface area contributed by atoms with Crippen LogP contribution < -0.4 is 10.6 Å². The lowest BCUT2D eigenvalue weighted by Crippen LogP contribution is -2.39. The fourth-order valence-electron chi connectivity index (χ4n) is 5.27. The Balaban J connectivity index is 1.26. The van der Waals surface area contributed by atoms with Gasteiger partial charge in [0.25, 0.3) is 0 Å². The molecular weight excluding hydrogens is 432 g/mol. The van der Waals surface area contributed by atoms with Gasteiger partial charge in [-0.2, -0.15) is 0 Å². The van der Waals surface area contributed by atoms with E-state index in [9.17, 15) is 14.4 Å². The van der Waals surface area contributed by atoms with Crippen LogP contribution in [-0.4, -0.2) is 42.8 Å². The monoisotopic (exact) mass is 464 g/mol. The molecule has 3 atom stereocenters. The summed E-state index contributed by atoms with van der Waals surface area (Å²) in [6.07, 6.45) is 2.13. The summed E-state index contributed by atoms with van der Waals surface area (Å²) >= 11 is 0. The van der Waals surface area contributed by atoms with Crippen molar-refractivity contribution in [3.8, 4) is 11.1 Å². The van der Waals surface area contributed by atoms with E-state index < -0.39 is 12.1 Å². The summed E-state index contributed by atoms with van der Waals surface area (Å²) in [5.74, 6) is -1.17. The zero-order chi connectivity index (χ0) is 24.1. The Kier molecular flexibility index (Phi) is 7.50. The first kappa shape index (κ1) is 23.8. The minimum Gasteiger partial charge on any atom is -0.481 e. The third kappa shape index (κ3) is 5.41. The van der Waals surface area contributed by atoms with Crippen LogP contribution in [0.25, 0.3) is 11.1 Å². The molecular formula is C27H32N2O5. The maximum atomic E-state index is 12.6. The number of fused-ring (bicyclic) bond motifs is 3. The quantitative estimate of drug-likeness (QED) is 0.517. The summed E-state index contributed by atoms with van der Waals surface area (Å²) in [6, 6.07) is 16.4. The van der Waals surface area contributed by atoms with Gasteiger partial charge < -0.3 is 20.5 Å². The van der Waals surface area contributed by atoms with Crippen LogP contribution in [0.3, 0.4) is 0 Å². The second-order valence-electron chi connectivity index (χ2n) is 9.45. The Bertz CT molecular complexity index is 1010. The second kappa shape index (κ2) is 10.7. The molecule has 0 aliphatic heterocycles. The number of nitrogens with one attached hydrogen (secondary N) is 2. The molecule has 7 heteroatoms. The van der Waals surface area contributed by atoms with Crippen LogP contribution in [0.5, 0.6) is 0 Å². The molecule has 0 bridgehead atoms. The summed E-state index contributed by atoms with van der Waals surface area (Å²) in [5.41, 5.74) is 4.71. The number of hydrogen-bond acceptors (Lipinski definition) is 4. The predicted octanol–water partition coefficient (Wildman–Crippen LogP) is 4.17. The van der Waals surface area contributed by atoms with Crippen LogP contribution in [0.15, 0.2) is 48.5 Å². The van der Waals surface area contributed by atoms with Crippen molar-refractivity contribution < 1.29 is 24.2 Å². The van der Waals surface area contributed by atoms with E-state index in [1.54, 1.807) is 6.92 Å². The number of benzene rings is 2. The van der Waals surface area contributed by atoms with E-state index in [2.05, 4.69) is 34.9 Å². The summed E-state index contributed by atoms with van der Waals surface area (Å²) in [4.78, 5) is 35.9. The van der Waals surface area contributed by atoms with E-state index in [1.165, 1.54) is 22.3 Å². The summed E-state index contributed by atoms with van der Waals surface area (Å²) in [7, 11) is 0. The number of ether oxygens (including phenoxy) is 1. The molecule has 2 aromatic carbocycles. The number of amides is 2. The fourth-order valence-corrected chi connectivity index (χ4v) is 5.27. The Hall–Kier alpha value is -3.35. The van der Waals surface area contributed by atoms with Crippen LogP contribution in [0.2, 0.25) is 0 Å². The van der Waals surface area contributed by atoms with Crippen molar-refractivity contribution >= 4 is 18.0 Å². The molecule has 1 fully saturated rings. The molecule has 2 amide bonds. The van der Waals surface area contributed by atoms with Gasteiger partial charge in [-0.15, -0.1) is 0 Å². The summed E-state index contributed by atoms with van der Waals surface area (Å²) in [5, 5.41) is 14.6. The molecule has 3 N–H and O–H groups in total. The second-order valence-corrected chi connectivity index (χ2v) is 9.45. The van der Waals surface area contributed by atoms with Gasteiger partial charge in [-0.1, -0.05) is 61.9 Å². The van der Waals surface area contributed by atoms with Crippen LogP contribution in [-0.2, 0) is 14.3 Å². The first-order chi connectivity index (χ1) is 16.4. The maximum Gasteiger partial charge on any atom is 0.407 e. The van der Waals surface area contributed by atoms with Crippen LogP contribution in [0.4, 0.5) is 4.79 Å². The van der Waals surface area contributed by atoms with Crippen molar-refractivity contribution in [2.24, 2.45) is 17.8 Å². The molecule has 0 radical (unpaired) electrons. The van der Waals surface area contributed by atoms with Crippen molar-refractivity contribution in [2.45, 2.75) is 38.5 Å². The van der Waals surface area contributed by atoms with Crippen LogP contribution in [0, 0.1) is 17.8 Å². The molecule has 180 valence electrons. The minimum atomic E-state index is -0.868. The van der Waals surface area contributed by atoms with Crippen molar-refractivity contribution in [3.05, 3.63) is 59.7 Å². The van der Waals surface area contributed by atoms with Gasteiger partial charge in [-0.05, 0) is 46.9 Å². The summed E-state index contributed by atoms with van der Waals surface area (Å²) in [6.45, 7) is 2.79. The number of hydrogen-bond donors (Lipinski definition) is 3. The highest BCUT2D eigenvalue weighted by Gasteiger charge is 2.34. The fraction of sp³-hybridized carbons (Fsp3) is 0.444. The highest BCUT2D eigenvalue weighted by Crippen LogP contribution is 2.44. The first-order valence-electron chi connectivity index (χ1n) is 12.0. The SMILES string of the molecule is CC(CNC(=O)[C@H]1CCC[C@H]1CNC(=O)OCC1c2ccccc2-c2ccccc21)CC(=O)O. The maximum absolute atomic E-state index is 12.6. The smallest absolute Gasteiger partial charge is 0.407 e. The molecule has 0 heterocycles. The minimum absolute atomic E-state index is 0.0101. The third-order valence-corrected chi connectivity index (χ3v) is 7.00. The standard InChI is InChI=1S/C27H32N2O5/c1-17(13-25(30)31)14-28-26(32)19-12-6-7-18(19)15-29-27(33)34-16-24-22-10-4-2-8-20(22)21-9-3-5-11-23(21)24/h2-5,8-11,17-19,24H,6-7,12-16H2,1H3,(H,28,32)(H,29,33)(H,30,31)/t17?,18-,19-/m0/s1. The zero-order valence-electron chi connectivity index (χ0n) is 19.5. The molecule has 0 saturated heterocycles. The number of carbonyl (C=O) groups excluding carboxylic acids is 2. The number of carbonyl (C=O) groups is 3. The lowest BCUT2D eigenvalue weighted by molar-refractivity contribution is -0.138. The van der Waals surface area contributed by atoms with E-state index in [1.807, 2.05) is 24.3 Å². The van der Waals surface area contributed by atoms with Gasteiger partial charge in [-0.25, -0.2) is 4.79 Å². The molecule has 34 heavy (non-hydrogen) atoms. The summed E-state index contributed by atoms with van der Waals surface area (Å²) < 4.78 is 5.60. The van der Waals surface area contributed by atoms with Gasteiger partial charge >= 0.3 is 12.1 Å². The highest BCUT2D eigenvalue weighted by molar-refractivity contribution is 5.80. The van der Waals surface area contributed by atoms with Crippen molar-refractivity contribution in [1.82, 2.24) is 10.6 Å². The van der Waals surface area contributed by atoms with Gasteiger partial charge in [0, 0.05) is 31.3 Å². The Labute approximate surface area is 199 Å². The van der Waals surface area contributed by atoms with Gasteiger partial charge in [-0.3, -0.25) is 9.59 Å². The topological polar surface area (TPSA) is 105 Å². The average Bonchev–Trinajstić information content (AvgIpc) is 3.42. The van der Waals surface area contributed by atoms with Gasteiger partial charge in [0.2, 0.25) is 5.91 Å². The van der Waals surface area contributed by atoms with Gasteiger partial charge in [0.1, 0.15) is 6.61 Å². The van der Waals surface area contributed by atoms with E-state index >= 15 is 0 Å². The van der Waals surface area contributed by atoms with Gasteiger partial charge in [0.05, 0.1) is 0 Å². The number of alkyl carbamates (subject to hydrolysis) is 1. The predicted molar refractivity (Wildman–Crippen MR) is 128 cm³/mol. The molecule has 0 aromatic heterocycles. The zero-order valence-corrected chi connectivity index (χ0v) is 19.5. The Morgan fingerprint density at radius 1 is 1.00 bits per heavy atom. The Morgan fingerprint density at radius 2 is 1.65 bits per heavy atom. The third-order valence-electron chi connectivity index (χ3n) is 7.00. The van der Waals surface area contributed by atoms with Crippen LogP contribution in [0.1, 0.15) is 49.7 Å². The normalized spacial score (nSPS) is 19.7.